The maximum atomic E-state index is 5.71. The predicted octanol–water partition coefficient (Wildman–Crippen LogP) is 0.555. The Bertz CT molecular complexity index is 166. The van der Waals surface area contributed by atoms with Gasteiger partial charge in [0.25, 0.3) is 0 Å². The number of nitrogens with zero attached hydrogens (tertiary/aromatic N) is 1. The van der Waals surface area contributed by atoms with E-state index in [9.17, 15) is 0 Å². The van der Waals surface area contributed by atoms with Crippen LogP contribution in [0.2, 0.25) is 0 Å². The zero-order valence-corrected chi connectivity index (χ0v) is 8.71. The molecule has 0 aliphatic heterocycles. The lowest BCUT2D eigenvalue weighted by atomic mass is 10.2. The van der Waals surface area contributed by atoms with Crippen molar-refractivity contribution in [2.75, 3.05) is 27.2 Å². The van der Waals surface area contributed by atoms with Gasteiger partial charge in [0.15, 0.2) is 0 Å². The van der Waals surface area contributed by atoms with Gasteiger partial charge in [-0.2, -0.15) is 0 Å². The molecule has 0 aliphatic rings. The molecule has 0 amide bonds. The van der Waals surface area contributed by atoms with Crippen LogP contribution >= 0.6 is 0 Å². The second kappa shape index (κ2) is 6.69. The molecule has 0 unspecified atom stereocenters. The predicted molar refractivity (Wildman–Crippen MR) is 58.5 cm³/mol. The van der Waals surface area contributed by atoms with Crippen molar-refractivity contribution in [3.05, 3.63) is 24.9 Å². The van der Waals surface area contributed by atoms with Gasteiger partial charge in [-0.15, -0.1) is 6.58 Å². The van der Waals surface area contributed by atoms with Crippen LogP contribution in [0.25, 0.3) is 0 Å². The minimum Gasteiger partial charge on any atom is -0.377 e. The monoisotopic (exact) mass is 183 g/mol. The van der Waals surface area contributed by atoms with Gasteiger partial charge in [0.1, 0.15) is 0 Å². The van der Waals surface area contributed by atoms with E-state index in [2.05, 4.69) is 23.4 Å². The first-order chi connectivity index (χ1) is 6.11. The summed E-state index contributed by atoms with van der Waals surface area (Å²) in [5.41, 5.74) is 6.79. The van der Waals surface area contributed by atoms with Crippen LogP contribution < -0.4 is 11.1 Å². The van der Waals surface area contributed by atoms with E-state index in [0.29, 0.717) is 0 Å². The first-order valence-electron chi connectivity index (χ1n) is 4.53. The second-order valence-electron chi connectivity index (χ2n) is 3.21. The van der Waals surface area contributed by atoms with E-state index < -0.39 is 0 Å². The van der Waals surface area contributed by atoms with Crippen molar-refractivity contribution in [1.82, 2.24) is 10.2 Å². The summed E-state index contributed by atoms with van der Waals surface area (Å²) in [5.74, 6) is 0. The fourth-order valence-corrected chi connectivity index (χ4v) is 0.958. The molecule has 3 heteroatoms. The first kappa shape index (κ1) is 12.2. The maximum Gasteiger partial charge on any atom is 0.0347 e. The highest BCUT2D eigenvalue weighted by Gasteiger charge is 2.02. The third-order valence-electron chi connectivity index (χ3n) is 2.02. The fraction of sp³-hybridized carbons (Fsp3) is 0.600. The molecule has 0 bridgehead atoms. The molecule has 0 heterocycles. The summed E-state index contributed by atoms with van der Waals surface area (Å²) < 4.78 is 0. The SMILES string of the molecule is C=C[C@H](N)CCN(C)C(=C)CNC. The summed E-state index contributed by atoms with van der Waals surface area (Å²) in [6.07, 6.45) is 2.69. The van der Waals surface area contributed by atoms with Crippen LogP contribution in [0.5, 0.6) is 0 Å². The van der Waals surface area contributed by atoms with E-state index in [0.717, 1.165) is 25.2 Å². The largest absolute Gasteiger partial charge is 0.377 e. The van der Waals surface area contributed by atoms with Gasteiger partial charge in [-0.05, 0) is 13.5 Å². The van der Waals surface area contributed by atoms with Crippen molar-refractivity contribution in [1.29, 1.82) is 0 Å². The van der Waals surface area contributed by atoms with Gasteiger partial charge in [-0.1, -0.05) is 12.7 Å². The number of hydrogen-bond acceptors (Lipinski definition) is 3. The molecule has 0 aromatic rings. The summed E-state index contributed by atoms with van der Waals surface area (Å²) in [7, 11) is 3.93. The fourth-order valence-electron chi connectivity index (χ4n) is 0.958. The summed E-state index contributed by atoms with van der Waals surface area (Å²) in [6, 6.07) is 0.0878. The first-order valence-corrected chi connectivity index (χ1v) is 4.53. The Morgan fingerprint density at radius 3 is 2.77 bits per heavy atom. The quantitative estimate of drug-likeness (QED) is 0.567. The topological polar surface area (TPSA) is 41.3 Å². The molecule has 1 atom stereocenters. The van der Waals surface area contributed by atoms with Gasteiger partial charge < -0.3 is 16.0 Å². The standard InChI is InChI=1S/C10H21N3/c1-5-10(11)6-7-13(4)9(2)8-12-3/h5,10,12H,1-2,6-8,11H2,3-4H3/t10-/m0/s1. The van der Waals surface area contributed by atoms with Crippen molar-refractivity contribution in [3.8, 4) is 0 Å². The van der Waals surface area contributed by atoms with Gasteiger partial charge in [-0.25, -0.2) is 0 Å². The Balaban J connectivity index is 3.66. The molecule has 0 aliphatic carbocycles. The summed E-state index contributed by atoms with van der Waals surface area (Å²) in [4.78, 5) is 2.11. The zero-order valence-electron chi connectivity index (χ0n) is 8.71. The maximum absolute atomic E-state index is 5.71. The molecule has 0 spiro atoms. The van der Waals surface area contributed by atoms with Crippen molar-refractivity contribution in [3.63, 3.8) is 0 Å². The third-order valence-corrected chi connectivity index (χ3v) is 2.02. The Labute approximate surface area is 81.3 Å². The molecular formula is C10H21N3. The Hall–Kier alpha value is -0.800. The number of nitrogens with one attached hydrogen (secondary N) is 1. The van der Waals surface area contributed by atoms with Crippen molar-refractivity contribution in [2.45, 2.75) is 12.5 Å². The van der Waals surface area contributed by atoms with Crippen molar-refractivity contribution >= 4 is 0 Å². The molecule has 0 saturated carbocycles. The minimum absolute atomic E-state index is 0.0878. The smallest absolute Gasteiger partial charge is 0.0347 e. The minimum atomic E-state index is 0.0878. The third kappa shape index (κ3) is 5.44. The molecule has 0 saturated heterocycles. The average Bonchev–Trinajstić information content (AvgIpc) is 2.13. The molecule has 13 heavy (non-hydrogen) atoms. The summed E-state index contributed by atoms with van der Waals surface area (Å²) in [5, 5.41) is 3.06. The Morgan fingerprint density at radius 1 is 1.69 bits per heavy atom. The van der Waals surface area contributed by atoms with E-state index in [1.807, 2.05) is 14.1 Å². The molecule has 0 radical (unpaired) electrons. The van der Waals surface area contributed by atoms with E-state index >= 15 is 0 Å². The van der Waals surface area contributed by atoms with E-state index in [1.165, 1.54) is 0 Å². The van der Waals surface area contributed by atoms with Crippen LogP contribution in [0.4, 0.5) is 0 Å². The van der Waals surface area contributed by atoms with Crippen molar-refractivity contribution in [2.24, 2.45) is 5.73 Å². The van der Waals surface area contributed by atoms with Crippen molar-refractivity contribution < 1.29 is 0 Å². The lowest BCUT2D eigenvalue weighted by Crippen LogP contribution is -2.29. The van der Waals surface area contributed by atoms with Gasteiger partial charge >= 0.3 is 0 Å². The zero-order chi connectivity index (χ0) is 10.3. The number of likely N-dealkylation sites (N-methyl/N-ethyl adjacent to an activating group) is 2. The van der Waals surface area contributed by atoms with Gasteiger partial charge in [0, 0.05) is 31.9 Å². The average molecular weight is 183 g/mol. The number of rotatable bonds is 7. The highest BCUT2D eigenvalue weighted by Crippen LogP contribution is 1.99. The Kier molecular flexibility index (Phi) is 6.28. The molecule has 0 aromatic carbocycles. The Morgan fingerprint density at radius 2 is 2.31 bits per heavy atom. The van der Waals surface area contributed by atoms with E-state index in [1.54, 1.807) is 6.08 Å². The molecule has 0 aromatic heterocycles. The van der Waals surface area contributed by atoms with Gasteiger partial charge in [-0.3, -0.25) is 0 Å². The number of hydrogen-bond donors (Lipinski definition) is 2. The highest BCUT2D eigenvalue weighted by molar-refractivity contribution is 4.95. The van der Waals surface area contributed by atoms with Gasteiger partial charge in [0.2, 0.25) is 0 Å². The van der Waals surface area contributed by atoms with Crippen LogP contribution in [0.3, 0.4) is 0 Å². The summed E-state index contributed by atoms with van der Waals surface area (Å²) in [6.45, 7) is 9.33. The summed E-state index contributed by atoms with van der Waals surface area (Å²) >= 11 is 0. The normalized spacial score (nSPS) is 12.2. The van der Waals surface area contributed by atoms with Crippen LogP contribution in [-0.2, 0) is 0 Å². The van der Waals surface area contributed by atoms with E-state index in [-0.39, 0.29) is 6.04 Å². The van der Waals surface area contributed by atoms with Crippen LogP contribution in [0, 0.1) is 0 Å². The van der Waals surface area contributed by atoms with Crippen LogP contribution in [0.15, 0.2) is 24.9 Å². The molecule has 0 rings (SSSR count). The van der Waals surface area contributed by atoms with Gasteiger partial charge in [0.05, 0.1) is 0 Å². The molecule has 76 valence electrons. The second-order valence-corrected chi connectivity index (χ2v) is 3.21. The molecular weight excluding hydrogens is 162 g/mol. The highest BCUT2D eigenvalue weighted by atomic mass is 15.1. The lowest BCUT2D eigenvalue weighted by molar-refractivity contribution is 0.391. The van der Waals surface area contributed by atoms with E-state index in [4.69, 9.17) is 5.73 Å². The van der Waals surface area contributed by atoms with Crippen LogP contribution in [-0.4, -0.2) is 38.1 Å². The number of nitrogens with two attached hydrogens (primary N) is 1. The molecule has 3 N–H and O–H groups in total. The molecule has 0 fully saturated rings. The lowest BCUT2D eigenvalue weighted by Gasteiger charge is -2.22. The molecule has 3 nitrogen and oxygen atoms in total. The van der Waals surface area contributed by atoms with Crippen LogP contribution in [0.1, 0.15) is 6.42 Å².